The van der Waals surface area contributed by atoms with E-state index in [1.807, 2.05) is 25.1 Å². The van der Waals surface area contributed by atoms with Gasteiger partial charge in [0.1, 0.15) is 0 Å². The van der Waals surface area contributed by atoms with E-state index in [-0.39, 0.29) is 24.9 Å². The summed E-state index contributed by atoms with van der Waals surface area (Å²) in [4.78, 5) is 11.8. The minimum Gasteiger partial charge on any atom is -0.349 e. The summed E-state index contributed by atoms with van der Waals surface area (Å²) in [6, 6.07) is 7.05. The number of carbonyl (C=O) groups excluding carboxylic acids is 1. The van der Waals surface area contributed by atoms with Crippen LogP contribution in [-0.4, -0.2) is 38.5 Å². The number of nitrogens with zero attached hydrogens (tertiary/aromatic N) is 1. The summed E-state index contributed by atoms with van der Waals surface area (Å²) < 4.78 is 23.6. The average Bonchev–Trinajstić information content (AvgIpc) is 2.35. The molecule has 0 aliphatic rings. The molecule has 1 N–H and O–H groups in total. The van der Waals surface area contributed by atoms with E-state index in [1.165, 1.54) is 7.05 Å². The summed E-state index contributed by atoms with van der Waals surface area (Å²) in [7, 11) is -1.81. The molecule has 5 nitrogen and oxygen atoms in total. The molecule has 0 saturated carbocycles. The van der Waals surface area contributed by atoms with Gasteiger partial charge in [-0.25, -0.2) is 12.7 Å². The number of carbonyl (C=O) groups is 1. The number of rotatable bonds is 6. The molecule has 0 radical (unpaired) electrons. The Morgan fingerprint density at radius 1 is 1.40 bits per heavy atom. The van der Waals surface area contributed by atoms with E-state index in [4.69, 9.17) is 11.6 Å². The van der Waals surface area contributed by atoms with E-state index in [1.54, 1.807) is 6.07 Å². The molecule has 0 unspecified atom stereocenters. The molecule has 0 saturated heterocycles. The van der Waals surface area contributed by atoms with Crippen LogP contribution in [0.2, 0.25) is 5.02 Å². The number of amides is 1. The SMILES string of the molecule is C[C@@H](NC(=O)CCN(C)S(C)(=O)=O)c1ccccc1Cl. The van der Waals surface area contributed by atoms with Crippen molar-refractivity contribution in [3.05, 3.63) is 34.9 Å². The highest BCUT2D eigenvalue weighted by atomic mass is 35.5. The van der Waals surface area contributed by atoms with Crippen molar-refractivity contribution >= 4 is 27.5 Å². The van der Waals surface area contributed by atoms with Crippen LogP contribution >= 0.6 is 11.6 Å². The monoisotopic (exact) mass is 318 g/mol. The average molecular weight is 319 g/mol. The van der Waals surface area contributed by atoms with Crippen molar-refractivity contribution in [1.82, 2.24) is 9.62 Å². The normalized spacial score (nSPS) is 13.2. The fourth-order valence-corrected chi connectivity index (χ4v) is 2.36. The third-order valence-electron chi connectivity index (χ3n) is 2.97. The smallest absolute Gasteiger partial charge is 0.221 e. The number of halogens is 1. The van der Waals surface area contributed by atoms with Crippen LogP contribution in [0, 0.1) is 0 Å². The Bertz CT molecular complexity index is 575. The van der Waals surface area contributed by atoms with Gasteiger partial charge in [0.2, 0.25) is 15.9 Å². The number of hydrogen-bond donors (Lipinski definition) is 1. The molecule has 1 atom stereocenters. The first-order valence-electron chi connectivity index (χ1n) is 6.17. The Labute approximate surface area is 125 Å². The third kappa shape index (κ3) is 5.11. The van der Waals surface area contributed by atoms with Gasteiger partial charge in [-0.2, -0.15) is 0 Å². The van der Waals surface area contributed by atoms with Crippen LogP contribution in [0.25, 0.3) is 0 Å². The highest BCUT2D eigenvalue weighted by Gasteiger charge is 2.15. The predicted molar refractivity (Wildman–Crippen MR) is 80.1 cm³/mol. The Morgan fingerprint density at radius 3 is 2.55 bits per heavy atom. The molecule has 0 aliphatic heterocycles. The lowest BCUT2D eigenvalue weighted by Crippen LogP contribution is -2.33. The van der Waals surface area contributed by atoms with Crippen LogP contribution in [0.1, 0.15) is 24.9 Å². The molecule has 1 aromatic carbocycles. The largest absolute Gasteiger partial charge is 0.349 e. The Kier molecular flexibility index (Phi) is 5.98. The van der Waals surface area contributed by atoms with Crippen molar-refractivity contribution in [2.75, 3.05) is 19.8 Å². The van der Waals surface area contributed by atoms with Gasteiger partial charge in [0, 0.05) is 25.0 Å². The second-order valence-corrected chi connectivity index (χ2v) is 7.14. The van der Waals surface area contributed by atoms with Crippen molar-refractivity contribution in [3.63, 3.8) is 0 Å². The van der Waals surface area contributed by atoms with Crippen LogP contribution in [-0.2, 0) is 14.8 Å². The molecule has 7 heteroatoms. The second-order valence-electron chi connectivity index (χ2n) is 4.65. The van der Waals surface area contributed by atoms with Gasteiger partial charge in [-0.3, -0.25) is 4.79 Å². The molecule has 0 aromatic heterocycles. The lowest BCUT2D eigenvalue weighted by molar-refractivity contribution is -0.121. The van der Waals surface area contributed by atoms with Crippen LogP contribution in [0.3, 0.4) is 0 Å². The highest BCUT2D eigenvalue weighted by molar-refractivity contribution is 7.88. The fourth-order valence-electron chi connectivity index (χ4n) is 1.64. The van der Waals surface area contributed by atoms with Crippen molar-refractivity contribution < 1.29 is 13.2 Å². The summed E-state index contributed by atoms with van der Waals surface area (Å²) in [5.41, 5.74) is 0.832. The molecule has 1 rings (SSSR count). The van der Waals surface area contributed by atoms with E-state index < -0.39 is 10.0 Å². The van der Waals surface area contributed by atoms with Gasteiger partial charge in [-0.05, 0) is 18.6 Å². The molecule has 0 aliphatic carbocycles. The van der Waals surface area contributed by atoms with Gasteiger partial charge >= 0.3 is 0 Å². The standard InChI is InChI=1S/C13H19ClN2O3S/c1-10(11-6-4-5-7-12(11)14)15-13(17)8-9-16(2)20(3,18)19/h4-7,10H,8-9H2,1-3H3,(H,15,17)/t10-/m1/s1. The van der Waals surface area contributed by atoms with Crippen LogP contribution in [0.15, 0.2) is 24.3 Å². The van der Waals surface area contributed by atoms with Gasteiger partial charge in [-0.15, -0.1) is 0 Å². The first-order chi connectivity index (χ1) is 9.21. The molecule has 1 amide bonds. The lowest BCUT2D eigenvalue weighted by atomic mass is 10.1. The third-order valence-corrected chi connectivity index (χ3v) is 4.63. The maximum atomic E-state index is 11.8. The van der Waals surface area contributed by atoms with Gasteiger partial charge in [0.25, 0.3) is 0 Å². The van der Waals surface area contributed by atoms with E-state index in [9.17, 15) is 13.2 Å². The Balaban J connectivity index is 2.53. The van der Waals surface area contributed by atoms with Crippen LogP contribution < -0.4 is 5.32 Å². The topological polar surface area (TPSA) is 66.5 Å². The molecule has 0 heterocycles. The summed E-state index contributed by atoms with van der Waals surface area (Å²) in [5.74, 6) is -0.215. The highest BCUT2D eigenvalue weighted by Crippen LogP contribution is 2.22. The lowest BCUT2D eigenvalue weighted by Gasteiger charge is -2.17. The zero-order valence-corrected chi connectivity index (χ0v) is 13.3. The first kappa shape index (κ1) is 16.9. The molecule has 0 fully saturated rings. The van der Waals surface area contributed by atoms with Gasteiger partial charge < -0.3 is 5.32 Å². The summed E-state index contributed by atoms with van der Waals surface area (Å²) >= 11 is 6.05. The maximum Gasteiger partial charge on any atom is 0.221 e. The Morgan fingerprint density at radius 2 is 2.00 bits per heavy atom. The summed E-state index contributed by atoms with van der Waals surface area (Å²) in [6.45, 7) is 1.99. The van der Waals surface area contributed by atoms with Gasteiger partial charge in [-0.1, -0.05) is 29.8 Å². The molecule has 1 aromatic rings. The van der Waals surface area contributed by atoms with Crippen molar-refractivity contribution in [3.8, 4) is 0 Å². The number of benzene rings is 1. The molecule has 0 bridgehead atoms. The van der Waals surface area contributed by atoms with E-state index >= 15 is 0 Å². The number of nitrogens with one attached hydrogen (secondary N) is 1. The minimum absolute atomic E-state index is 0.109. The van der Waals surface area contributed by atoms with Crippen molar-refractivity contribution in [2.45, 2.75) is 19.4 Å². The Hall–Kier alpha value is -1.11. The zero-order valence-electron chi connectivity index (χ0n) is 11.8. The molecular formula is C13H19ClN2O3S. The van der Waals surface area contributed by atoms with Crippen molar-refractivity contribution in [2.24, 2.45) is 0 Å². The molecule has 0 spiro atoms. The van der Waals surface area contributed by atoms with E-state index in [2.05, 4.69) is 5.32 Å². The van der Waals surface area contributed by atoms with E-state index in [0.717, 1.165) is 16.1 Å². The first-order valence-corrected chi connectivity index (χ1v) is 8.39. The minimum atomic E-state index is -3.25. The number of sulfonamides is 1. The van der Waals surface area contributed by atoms with Gasteiger partial charge in [0.05, 0.1) is 12.3 Å². The molecular weight excluding hydrogens is 300 g/mol. The van der Waals surface area contributed by atoms with Gasteiger partial charge in [0.15, 0.2) is 0 Å². The fraction of sp³-hybridized carbons (Fsp3) is 0.462. The van der Waals surface area contributed by atoms with Crippen molar-refractivity contribution in [1.29, 1.82) is 0 Å². The predicted octanol–water partition coefficient (Wildman–Crippen LogP) is 1.80. The van der Waals surface area contributed by atoms with Crippen LogP contribution in [0.4, 0.5) is 0 Å². The van der Waals surface area contributed by atoms with E-state index in [0.29, 0.717) is 5.02 Å². The molecule has 112 valence electrons. The summed E-state index contributed by atoms with van der Waals surface area (Å²) in [6.07, 6.45) is 1.22. The van der Waals surface area contributed by atoms with Crippen LogP contribution in [0.5, 0.6) is 0 Å². The second kappa shape index (κ2) is 7.06. The maximum absolute atomic E-state index is 11.8. The summed E-state index contributed by atoms with van der Waals surface area (Å²) in [5, 5.41) is 3.39. The molecule has 20 heavy (non-hydrogen) atoms. The quantitative estimate of drug-likeness (QED) is 0.869. The zero-order chi connectivity index (χ0) is 15.3. The number of hydrogen-bond acceptors (Lipinski definition) is 3.